The number of esters is 1. The van der Waals surface area contributed by atoms with Crippen LogP contribution < -0.4 is 4.74 Å². The minimum atomic E-state index is -0.445. The minimum Gasteiger partial charge on any atom is -0.496 e. The van der Waals surface area contributed by atoms with E-state index in [9.17, 15) is 4.79 Å². The van der Waals surface area contributed by atoms with Gasteiger partial charge in [0.1, 0.15) is 11.4 Å². The van der Waals surface area contributed by atoms with E-state index in [0.717, 1.165) is 27.8 Å². The number of pyridine rings is 1. The molecule has 4 heteroatoms. The number of hydrogen-bond acceptors (Lipinski definition) is 4. The molecule has 0 saturated heterocycles. The summed E-state index contributed by atoms with van der Waals surface area (Å²) < 4.78 is 10.2. The van der Waals surface area contributed by atoms with Gasteiger partial charge in [0, 0.05) is 10.9 Å². The summed E-state index contributed by atoms with van der Waals surface area (Å²) in [5.41, 5.74) is 3.02. The first-order valence-electron chi connectivity index (χ1n) is 6.86. The van der Waals surface area contributed by atoms with E-state index in [0.29, 0.717) is 5.69 Å². The first-order chi connectivity index (χ1) is 10.7. The monoisotopic (exact) mass is 293 g/mol. The third kappa shape index (κ3) is 2.39. The van der Waals surface area contributed by atoms with Crippen LogP contribution in [-0.2, 0) is 4.74 Å². The Labute approximate surface area is 128 Å². The molecule has 0 amide bonds. The van der Waals surface area contributed by atoms with Crippen molar-refractivity contribution in [1.82, 2.24) is 4.98 Å². The molecule has 0 saturated carbocycles. The van der Waals surface area contributed by atoms with Crippen molar-refractivity contribution in [2.75, 3.05) is 14.2 Å². The maximum Gasteiger partial charge on any atom is 0.356 e. The predicted molar refractivity (Wildman–Crippen MR) is 85.1 cm³/mol. The average Bonchev–Trinajstić information content (AvgIpc) is 2.60. The van der Waals surface area contributed by atoms with Gasteiger partial charge in [0.2, 0.25) is 0 Å². The van der Waals surface area contributed by atoms with Crippen molar-refractivity contribution in [3.8, 4) is 16.9 Å². The van der Waals surface area contributed by atoms with Crippen molar-refractivity contribution in [2.45, 2.75) is 0 Å². The highest BCUT2D eigenvalue weighted by Crippen LogP contribution is 2.36. The molecule has 0 aliphatic carbocycles. The highest BCUT2D eigenvalue weighted by Gasteiger charge is 2.14. The zero-order valence-corrected chi connectivity index (χ0v) is 12.4. The first kappa shape index (κ1) is 14.1. The van der Waals surface area contributed by atoms with Gasteiger partial charge in [0.15, 0.2) is 0 Å². The second-order valence-electron chi connectivity index (χ2n) is 4.76. The van der Waals surface area contributed by atoms with Gasteiger partial charge < -0.3 is 9.47 Å². The maximum absolute atomic E-state index is 11.6. The number of rotatable bonds is 3. The molecule has 3 aromatic rings. The van der Waals surface area contributed by atoms with Crippen molar-refractivity contribution < 1.29 is 14.3 Å². The number of aromatic nitrogens is 1. The van der Waals surface area contributed by atoms with Crippen LogP contribution in [0.5, 0.6) is 5.75 Å². The fourth-order valence-corrected chi connectivity index (χ4v) is 2.47. The van der Waals surface area contributed by atoms with Crippen LogP contribution in [0.1, 0.15) is 10.5 Å². The van der Waals surface area contributed by atoms with Crippen LogP contribution in [0.2, 0.25) is 0 Å². The number of benzene rings is 2. The Morgan fingerprint density at radius 2 is 1.73 bits per heavy atom. The Kier molecular flexibility index (Phi) is 3.74. The second-order valence-corrected chi connectivity index (χ2v) is 4.76. The van der Waals surface area contributed by atoms with E-state index < -0.39 is 5.97 Å². The standard InChI is InChI=1S/C18H15NO3/c1-21-16-11-10-14-13(8-9-15(19-14)18(20)22-2)17(16)12-6-4-3-5-7-12/h3-11H,1-2H3. The molecule has 3 rings (SSSR count). The number of methoxy groups -OCH3 is 2. The van der Waals surface area contributed by atoms with E-state index in [1.54, 1.807) is 13.2 Å². The lowest BCUT2D eigenvalue weighted by atomic mass is 9.99. The number of nitrogens with zero attached hydrogens (tertiary/aromatic N) is 1. The number of fused-ring (bicyclic) bond motifs is 1. The van der Waals surface area contributed by atoms with Gasteiger partial charge >= 0.3 is 5.97 Å². The molecule has 0 spiro atoms. The quantitative estimate of drug-likeness (QED) is 0.691. The summed E-state index contributed by atoms with van der Waals surface area (Å²) in [5, 5.41) is 0.929. The van der Waals surface area contributed by atoms with Crippen LogP contribution in [0, 0.1) is 0 Å². The summed E-state index contributed by atoms with van der Waals surface area (Å²) >= 11 is 0. The molecular formula is C18H15NO3. The largest absolute Gasteiger partial charge is 0.496 e. The van der Waals surface area contributed by atoms with Gasteiger partial charge in [-0.05, 0) is 29.8 Å². The van der Waals surface area contributed by atoms with Crippen LogP contribution in [0.3, 0.4) is 0 Å². The number of hydrogen-bond donors (Lipinski definition) is 0. The smallest absolute Gasteiger partial charge is 0.356 e. The minimum absolute atomic E-state index is 0.291. The number of carbonyl (C=O) groups excluding carboxylic acids is 1. The molecule has 0 radical (unpaired) electrons. The molecule has 1 aromatic heterocycles. The molecule has 1 heterocycles. The van der Waals surface area contributed by atoms with Gasteiger partial charge in [0.05, 0.1) is 19.7 Å². The lowest BCUT2D eigenvalue weighted by Crippen LogP contribution is -2.04. The topological polar surface area (TPSA) is 48.4 Å². The fourth-order valence-electron chi connectivity index (χ4n) is 2.47. The molecule has 0 atom stereocenters. The summed E-state index contributed by atoms with van der Waals surface area (Å²) in [6.45, 7) is 0. The summed E-state index contributed by atoms with van der Waals surface area (Å²) in [4.78, 5) is 16.0. The van der Waals surface area contributed by atoms with E-state index in [2.05, 4.69) is 4.98 Å². The first-order valence-corrected chi connectivity index (χ1v) is 6.86. The summed E-state index contributed by atoms with van der Waals surface area (Å²) in [7, 11) is 2.99. The molecule has 22 heavy (non-hydrogen) atoms. The highest BCUT2D eigenvalue weighted by atomic mass is 16.5. The Balaban J connectivity index is 2.27. The van der Waals surface area contributed by atoms with E-state index in [1.807, 2.05) is 48.5 Å². The van der Waals surface area contributed by atoms with Gasteiger partial charge in [-0.1, -0.05) is 30.3 Å². The highest BCUT2D eigenvalue weighted by molar-refractivity contribution is 6.00. The SMILES string of the molecule is COC(=O)c1ccc2c(-c3ccccc3)c(OC)ccc2n1. The van der Waals surface area contributed by atoms with Crippen LogP contribution in [0.25, 0.3) is 22.0 Å². The van der Waals surface area contributed by atoms with Crippen molar-refractivity contribution in [3.05, 3.63) is 60.3 Å². The lowest BCUT2D eigenvalue weighted by molar-refractivity contribution is 0.0594. The zero-order valence-electron chi connectivity index (χ0n) is 12.4. The molecule has 2 aromatic carbocycles. The van der Waals surface area contributed by atoms with E-state index >= 15 is 0 Å². The normalized spacial score (nSPS) is 10.5. The number of carbonyl (C=O) groups is 1. The van der Waals surface area contributed by atoms with Crippen molar-refractivity contribution in [2.24, 2.45) is 0 Å². The van der Waals surface area contributed by atoms with Gasteiger partial charge in [-0.25, -0.2) is 9.78 Å². The van der Waals surface area contributed by atoms with Crippen LogP contribution in [0.15, 0.2) is 54.6 Å². The molecule has 0 aliphatic rings. The number of ether oxygens (including phenoxy) is 2. The van der Waals surface area contributed by atoms with Gasteiger partial charge in [-0.15, -0.1) is 0 Å². The molecule has 0 unspecified atom stereocenters. The second kappa shape index (κ2) is 5.85. The maximum atomic E-state index is 11.6. The summed E-state index contributed by atoms with van der Waals surface area (Å²) in [5.74, 6) is 0.324. The zero-order chi connectivity index (χ0) is 15.5. The molecule has 110 valence electrons. The van der Waals surface area contributed by atoms with Crippen molar-refractivity contribution in [3.63, 3.8) is 0 Å². The van der Waals surface area contributed by atoms with Crippen LogP contribution in [0.4, 0.5) is 0 Å². The van der Waals surface area contributed by atoms with Gasteiger partial charge in [-0.3, -0.25) is 0 Å². The average molecular weight is 293 g/mol. The Bertz CT molecular complexity index is 828. The Morgan fingerprint density at radius 1 is 0.955 bits per heavy atom. The fraction of sp³-hybridized carbons (Fsp3) is 0.111. The molecule has 0 fully saturated rings. The lowest BCUT2D eigenvalue weighted by Gasteiger charge is -2.12. The Hall–Kier alpha value is -2.88. The van der Waals surface area contributed by atoms with Crippen LogP contribution in [-0.4, -0.2) is 25.2 Å². The summed E-state index contributed by atoms with van der Waals surface area (Å²) in [6.07, 6.45) is 0. The van der Waals surface area contributed by atoms with E-state index in [-0.39, 0.29) is 0 Å². The Morgan fingerprint density at radius 3 is 2.41 bits per heavy atom. The van der Waals surface area contributed by atoms with Gasteiger partial charge in [-0.2, -0.15) is 0 Å². The third-order valence-corrected chi connectivity index (χ3v) is 3.51. The van der Waals surface area contributed by atoms with E-state index in [1.165, 1.54) is 7.11 Å². The van der Waals surface area contributed by atoms with Gasteiger partial charge in [0.25, 0.3) is 0 Å². The molecule has 4 nitrogen and oxygen atoms in total. The molecule has 0 N–H and O–H groups in total. The molecule has 0 bridgehead atoms. The van der Waals surface area contributed by atoms with Crippen LogP contribution >= 0.6 is 0 Å². The molecule has 0 aliphatic heterocycles. The van der Waals surface area contributed by atoms with E-state index in [4.69, 9.17) is 9.47 Å². The summed E-state index contributed by atoms with van der Waals surface area (Å²) in [6, 6.07) is 17.2. The van der Waals surface area contributed by atoms with Crippen molar-refractivity contribution >= 4 is 16.9 Å². The third-order valence-electron chi connectivity index (χ3n) is 3.51. The molecular weight excluding hydrogens is 278 g/mol. The predicted octanol–water partition coefficient (Wildman–Crippen LogP) is 3.70. The van der Waals surface area contributed by atoms with Crippen molar-refractivity contribution in [1.29, 1.82) is 0 Å².